The minimum absolute atomic E-state index is 0.0522. The van der Waals surface area contributed by atoms with Crippen LogP contribution in [-0.2, 0) is 0 Å². The van der Waals surface area contributed by atoms with E-state index < -0.39 is 0 Å². The number of hydrogen-bond acceptors (Lipinski definition) is 4. The van der Waals surface area contributed by atoms with Gasteiger partial charge in [-0.25, -0.2) is 0 Å². The summed E-state index contributed by atoms with van der Waals surface area (Å²) in [4.78, 5) is 15.8. The van der Waals surface area contributed by atoms with Crippen LogP contribution in [0.5, 0.6) is 5.75 Å². The number of carbonyl (C=O) groups is 1. The van der Waals surface area contributed by atoms with E-state index in [0.717, 1.165) is 5.56 Å². The third-order valence-corrected chi connectivity index (χ3v) is 2.87. The lowest BCUT2D eigenvalue weighted by Crippen LogP contribution is -2.26. The first-order valence-corrected chi connectivity index (χ1v) is 6.05. The summed E-state index contributed by atoms with van der Waals surface area (Å²) in [5.41, 5.74) is 1.76. The van der Waals surface area contributed by atoms with Gasteiger partial charge in [0.15, 0.2) is 0 Å². The molecule has 0 spiro atoms. The number of aromatic nitrogens is 1. The second-order valence-electron chi connectivity index (χ2n) is 4.36. The number of rotatable bonds is 3. The quantitative estimate of drug-likeness (QED) is 0.892. The van der Waals surface area contributed by atoms with E-state index in [1.54, 1.807) is 24.3 Å². The Bertz CT molecular complexity index is 660. The SMILES string of the molecule is CC(NC(=O)c1cncc(O)c1)c1ccc(C#N)cc1. The summed E-state index contributed by atoms with van der Waals surface area (Å²) in [5.74, 6) is -0.367. The molecule has 1 aromatic carbocycles. The number of benzene rings is 1. The molecule has 1 heterocycles. The van der Waals surface area contributed by atoms with Crippen LogP contribution < -0.4 is 5.32 Å². The Balaban J connectivity index is 2.09. The van der Waals surface area contributed by atoms with Gasteiger partial charge in [0.1, 0.15) is 5.75 Å². The summed E-state index contributed by atoms with van der Waals surface area (Å²) in [6.07, 6.45) is 2.65. The van der Waals surface area contributed by atoms with E-state index in [0.29, 0.717) is 11.1 Å². The largest absolute Gasteiger partial charge is 0.506 e. The molecule has 2 N–H and O–H groups in total. The number of hydrogen-bond donors (Lipinski definition) is 2. The molecule has 1 aromatic heterocycles. The Labute approximate surface area is 116 Å². The van der Waals surface area contributed by atoms with Crippen LogP contribution >= 0.6 is 0 Å². The van der Waals surface area contributed by atoms with Crippen molar-refractivity contribution >= 4 is 5.91 Å². The fraction of sp³-hybridized carbons (Fsp3) is 0.133. The monoisotopic (exact) mass is 267 g/mol. The molecule has 20 heavy (non-hydrogen) atoms. The third-order valence-electron chi connectivity index (χ3n) is 2.87. The number of aromatic hydroxyl groups is 1. The Morgan fingerprint density at radius 1 is 1.35 bits per heavy atom. The second kappa shape index (κ2) is 5.85. The van der Waals surface area contributed by atoms with Crippen LogP contribution in [0.3, 0.4) is 0 Å². The summed E-state index contributed by atoms with van der Waals surface area (Å²) in [6, 6.07) is 10.2. The van der Waals surface area contributed by atoms with Gasteiger partial charge in [0.25, 0.3) is 5.91 Å². The molecule has 0 aliphatic carbocycles. The van der Waals surface area contributed by atoms with Gasteiger partial charge in [-0.1, -0.05) is 12.1 Å². The van der Waals surface area contributed by atoms with Crippen LogP contribution in [0.2, 0.25) is 0 Å². The number of carbonyl (C=O) groups excluding carboxylic acids is 1. The molecule has 0 saturated heterocycles. The summed E-state index contributed by atoms with van der Waals surface area (Å²) in [7, 11) is 0. The zero-order valence-corrected chi connectivity index (χ0v) is 10.9. The van der Waals surface area contributed by atoms with E-state index in [9.17, 15) is 9.90 Å². The Hall–Kier alpha value is -2.87. The molecule has 0 aliphatic rings. The van der Waals surface area contributed by atoms with Crippen LogP contribution in [-0.4, -0.2) is 16.0 Å². The van der Waals surface area contributed by atoms with Crippen LogP contribution in [0.4, 0.5) is 0 Å². The summed E-state index contributed by atoms with van der Waals surface area (Å²) >= 11 is 0. The van der Waals surface area contributed by atoms with E-state index >= 15 is 0 Å². The maximum absolute atomic E-state index is 12.0. The zero-order valence-electron chi connectivity index (χ0n) is 10.9. The lowest BCUT2D eigenvalue weighted by Gasteiger charge is -2.14. The Morgan fingerprint density at radius 3 is 2.65 bits per heavy atom. The van der Waals surface area contributed by atoms with Gasteiger partial charge in [-0.05, 0) is 30.7 Å². The minimum Gasteiger partial charge on any atom is -0.506 e. The molecular weight excluding hydrogens is 254 g/mol. The van der Waals surface area contributed by atoms with E-state index in [4.69, 9.17) is 5.26 Å². The number of nitrogens with one attached hydrogen (secondary N) is 1. The topological polar surface area (TPSA) is 86.0 Å². The van der Waals surface area contributed by atoms with Gasteiger partial charge < -0.3 is 10.4 Å². The normalized spacial score (nSPS) is 11.4. The highest BCUT2D eigenvalue weighted by molar-refractivity contribution is 5.94. The first kappa shape index (κ1) is 13.6. The van der Waals surface area contributed by atoms with Crippen molar-refractivity contribution in [2.75, 3.05) is 0 Å². The molecule has 1 unspecified atom stereocenters. The fourth-order valence-electron chi connectivity index (χ4n) is 1.76. The molecule has 0 aliphatic heterocycles. The molecule has 1 atom stereocenters. The molecule has 5 heteroatoms. The van der Waals surface area contributed by atoms with E-state index in [1.165, 1.54) is 18.5 Å². The van der Waals surface area contributed by atoms with Crippen molar-refractivity contribution in [2.24, 2.45) is 0 Å². The van der Waals surface area contributed by atoms with Crippen molar-refractivity contribution in [2.45, 2.75) is 13.0 Å². The maximum atomic E-state index is 12.0. The molecule has 0 saturated carbocycles. The lowest BCUT2D eigenvalue weighted by atomic mass is 10.1. The summed E-state index contributed by atoms with van der Waals surface area (Å²) < 4.78 is 0. The van der Waals surface area contributed by atoms with Gasteiger partial charge in [0.05, 0.1) is 29.4 Å². The fourth-order valence-corrected chi connectivity index (χ4v) is 1.76. The minimum atomic E-state index is -0.315. The first-order chi connectivity index (χ1) is 9.60. The van der Waals surface area contributed by atoms with Gasteiger partial charge in [-0.15, -0.1) is 0 Å². The highest BCUT2D eigenvalue weighted by atomic mass is 16.3. The zero-order chi connectivity index (χ0) is 14.5. The molecule has 0 radical (unpaired) electrons. The van der Waals surface area contributed by atoms with E-state index in [1.807, 2.05) is 13.0 Å². The Morgan fingerprint density at radius 2 is 2.05 bits per heavy atom. The van der Waals surface area contributed by atoms with Crippen LogP contribution in [0.15, 0.2) is 42.7 Å². The van der Waals surface area contributed by atoms with Crippen molar-refractivity contribution in [3.05, 3.63) is 59.4 Å². The van der Waals surface area contributed by atoms with Crippen molar-refractivity contribution in [1.82, 2.24) is 10.3 Å². The number of amides is 1. The lowest BCUT2D eigenvalue weighted by molar-refractivity contribution is 0.0939. The molecule has 2 rings (SSSR count). The number of nitrogens with zero attached hydrogens (tertiary/aromatic N) is 2. The summed E-state index contributed by atoms with van der Waals surface area (Å²) in [6.45, 7) is 1.84. The van der Waals surface area contributed by atoms with Gasteiger partial charge in [0.2, 0.25) is 0 Å². The Kier molecular flexibility index (Phi) is 3.96. The smallest absolute Gasteiger partial charge is 0.253 e. The molecule has 100 valence electrons. The molecule has 1 amide bonds. The molecule has 0 bridgehead atoms. The average Bonchev–Trinajstić information content (AvgIpc) is 2.47. The maximum Gasteiger partial charge on any atom is 0.253 e. The predicted octanol–water partition coefficient (Wildman–Crippen LogP) is 2.15. The van der Waals surface area contributed by atoms with Crippen LogP contribution in [0, 0.1) is 11.3 Å². The summed E-state index contributed by atoms with van der Waals surface area (Å²) in [5, 5.41) is 20.8. The van der Waals surface area contributed by atoms with Crippen molar-refractivity contribution in [1.29, 1.82) is 5.26 Å². The average molecular weight is 267 g/mol. The first-order valence-electron chi connectivity index (χ1n) is 6.05. The van der Waals surface area contributed by atoms with E-state index in [-0.39, 0.29) is 17.7 Å². The predicted molar refractivity (Wildman–Crippen MR) is 72.9 cm³/mol. The molecule has 5 nitrogen and oxygen atoms in total. The van der Waals surface area contributed by atoms with Crippen LogP contribution in [0.1, 0.15) is 34.5 Å². The van der Waals surface area contributed by atoms with Gasteiger partial charge >= 0.3 is 0 Å². The highest BCUT2D eigenvalue weighted by Crippen LogP contribution is 2.15. The van der Waals surface area contributed by atoms with Crippen LogP contribution in [0.25, 0.3) is 0 Å². The number of pyridine rings is 1. The molecule has 0 fully saturated rings. The molecular formula is C15H13N3O2. The van der Waals surface area contributed by atoms with Gasteiger partial charge in [-0.3, -0.25) is 9.78 Å². The highest BCUT2D eigenvalue weighted by Gasteiger charge is 2.12. The van der Waals surface area contributed by atoms with Gasteiger partial charge in [0, 0.05) is 6.20 Å². The van der Waals surface area contributed by atoms with Gasteiger partial charge in [-0.2, -0.15) is 5.26 Å². The second-order valence-corrected chi connectivity index (χ2v) is 4.36. The van der Waals surface area contributed by atoms with E-state index in [2.05, 4.69) is 10.3 Å². The standard InChI is InChI=1S/C15H13N3O2/c1-10(12-4-2-11(7-16)3-5-12)18-15(20)13-6-14(19)9-17-8-13/h2-6,8-10,19H,1H3,(H,18,20). The number of nitriles is 1. The third kappa shape index (κ3) is 3.12. The van der Waals surface area contributed by atoms with Crippen molar-refractivity contribution in [3.63, 3.8) is 0 Å². The van der Waals surface area contributed by atoms with Crippen molar-refractivity contribution < 1.29 is 9.90 Å². The van der Waals surface area contributed by atoms with Crippen molar-refractivity contribution in [3.8, 4) is 11.8 Å². The molecule has 2 aromatic rings.